The van der Waals surface area contributed by atoms with Gasteiger partial charge in [-0.25, -0.2) is 0 Å². The summed E-state index contributed by atoms with van der Waals surface area (Å²) in [6.07, 6.45) is 0. The average Bonchev–Trinajstić information content (AvgIpc) is 2.18. The molecule has 14 heavy (non-hydrogen) atoms. The third-order valence-corrected chi connectivity index (χ3v) is 2.00. The Labute approximate surface area is 81.8 Å². The Balaban J connectivity index is 2.35. The molecular formula is C10H11NO3. The summed E-state index contributed by atoms with van der Waals surface area (Å²) in [5, 5.41) is 3.06. The fourth-order valence-corrected chi connectivity index (χ4v) is 1.41. The minimum Gasteiger partial charge on any atom is -0.426 e. The molecule has 74 valence electrons. The number of carbonyl (C=O) groups excluding carboxylic acids is 1. The fraction of sp³-hybridized carbons (Fsp3) is 0.300. The van der Waals surface area contributed by atoms with Gasteiger partial charge >= 0.3 is 5.97 Å². The van der Waals surface area contributed by atoms with Crippen LogP contribution >= 0.6 is 0 Å². The zero-order valence-corrected chi connectivity index (χ0v) is 7.87. The van der Waals surface area contributed by atoms with Crippen LogP contribution in [0.15, 0.2) is 18.2 Å². The van der Waals surface area contributed by atoms with Gasteiger partial charge < -0.3 is 14.8 Å². The first-order valence-corrected chi connectivity index (χ1v) is 4.39. The largest absolute Gasteiger partial charge is 0.426 e. The molecule has 4 heteroatoms. The van der Waals surface area contributed by atoms with E-state index in [2.05, 4.69) is 5.32 Å². The lowest BCUT2D eigenvalue weighted by atomic mass is 10.1. The van der Waals surface area contributed by atoms with Gasteiger partial charge in [0.15, 0.2) is 0 Å². The summed E-state index contributed by atoms with van der Waals surface area (Å²) in [4.78, 5) is 10.8. The second-order valence-electron chi connectivity index (χ2n) is 3.05. The summed E-state index contributed by atoms with van der Waals surface area (Å²) in [7, 11) is 0. The third-order valence-electron chi connectivity index (χ3n) is 2.00. The van der Waals surface area contributed by atoms with E-state index in [0.29, 0.717) is 19.1 Å². The van der Waals surface area contributed by atoms with E-state index in [0.717, 1.165) is 11.3 Å². The van der Waals surface area contributed by atoms with Crippen molar-refractivity contribution in [3.05, 3.63) is 23.8 Å². The summed E-state index contributed by atoms with van der Waals surface area (Å²) in [5.41, 5.74) is 1.86. The highest BCUT2D eigenvalue weighted by Gasteiger charge is 2.14. The van der Waals surface area contributed by atoms with Crippen LogP contribution < -0.4 is 10.1 Å². The summed E-state index contributed by atoms with van der Waals surface area (Å²) in [5.74, 6) is 0.256. The van der Waals surface area contributed by atoms with Gasteiger partial charge in [-0.15, -0.1) is 0 Å². The van der Waals surface area contributed by atoms with Crippen molar-refractivity contribution >= 4 is 11.7 Å². The van der Waals surface area contributed by atoms with Crippen molar-refractivity contribution < 1.29 is 14.3 Å². The SMILES string of the molecule is CC(=O)Oc1cccc2c1COCN2. The van der Waals surface area contributed by atoms with E-state index in [4.69, 9.17) is 9.47 Å². The second kappa shape index (κ2) is 3.67. The van der Waals surface area contributed by atoms with Gasteiger partial charge in [0, 0.05) is 18.2 Å². The minimum absolute atomic E-state index is 0.316. The van der Waals surface area contributed by atoms with Crippen LogP contribution in [0.1, 0.15) is 12.5 Å². The van der Waals surface area contributed by atoms with E-state index >= 15 is 0 Å². The Hall–Kier alpha value is -1.55. The first kappa shape index (κ1) is 9.02. The number of fused-ring (bicyclic) bond motifs is 1. The predicted molar refractivity (Wildman–Crippen MR) is 51.0 cm³/mol. The van der Waals surface area contributed by atoms with Crippen molar-refractivity contribution in [1.82, 2.24) is 0 Å². The number of carbonyl (C=O) groups is 1. The fourth-order valence-electron chi connectivity index (χ4n) is 1.41. The quantitative estimate of drug-likeness (QED) is 0.542. The van der Waals surface area contributed by atoms with Gasteiger partial charge in [0.2, 0.25) is 0 Å². The van der Waals surface area contributed by atoms with Crippen LogP contribution in [0.2, 0.25) is 0 Å². The molecule has 1 aromatic rings. The molecule has 1 N–H and O–H groups in total. The highest BCUT2D eigenvalue weighted by Crippen LogP contribution is 2.29. The lowest BCUT2D eigenvalue weighted by molar-refractivity contribution is -0.131. The van der Waals surface area contributed by atoms with Crippen LogP contribution in [0, 0.1) is 0 Å². The van der Waals surface area contributed by atoms with Crippen molar-refractivity contribution in [1.29, 1.82) is 0 Å². The number of ether oxygens (including phenoxy) is 2. The first-order chi connectivity index (χ1) is 6.77. The number of anilines is 1. The van der Waals surface area contributed by atoms with E-state index in [9.17, 15) is 4.79 Å². The zero-order valence-electron chi connectivity index (χ0n) is 7.87. The van der Waals surface area contributed by atoms with Crippen LogP contribution in [0.5, 0.6) is 5.75 Å². The van der Waals surface area contributed by atoms with E-state index in [-0.39, 0.29) is 5.97 Å². The molecule has 0 atom stereocenters. The van der Waals surface area contributed by atoms with Crippen LogP contribution in [0.4, 0.5) is 5.69 Å². The summed E-state index contributed by atoms with van der Waals surface area (Å²) >= 11 is 0. The van der Waals surface area contributed by atoms with Crippen LogP contribution in [0.25, 0.3) is 0 Å². The number of nitrogens with one attached hydrogen (secondary N) is 1. The number of benzene rings is 1. The normalized spacial score (nSPS) is 14.1. The molecule has 0 aliphatic carbocycles. The Bertz CT molecular complexity index is 362. The van der Waals surface area contributed by atoms with Gasteiger partial charge in [0.25, 0.3) is 0 Å². The third kappa shape index (κ3) is 1.70. The Kier molecular flexibility index (Phi) is 2.37. The topological polar surface area (TPSA) is 47.6 Å². The van der Waals surface area contributed by atoms with E-state index in [1.165, 1.54) is 6.92 Å². The highest BCUT2D eigenvalue weighted by atomic mass is 16.5. The molecule has 0 saturated carbocycles. The number of hydrogen-bond acceptors (Lipinski definition) is 4. The Morgan fingerprint density at radius 1 is 1.57 bits per heavy atom. The van der Waals surface area contributed by atoms with Crippen molar-refractivity contribution in [2.24, 2.45) is 0 Å². The molecule has 1 aromatic carbocycles. The van der Waals surface area contributed by atoms with Crippen LogP contribution in [-0.2, 0) is 16.1 Å². The maximum atomic E-state index is 10.8. The Morgan fingerprint density at radius 2 is 2.43 bits per heavy atom. The van der Waals surface area contributed by atoms with Crippen LogP contribution in [-0.4, -0.2) is 12.7 Å². The lowest BCUT2D eigenvalue weighted by Gasteiger charge is -2.20. The molecule has 4 nitrogen and oxygen atoms in total. The van der Waals surface area contributed by atoms with Crippen LogP contribution in [0.3, 0.4) is 0 Å². The minimum atomic E-state index is -0.316. The van der Waals surface area contributed by atoms with Gasteiger partial charge in [-0.3, -0.25) is 4.79 Å². The molecule has 0 unspecified atom stereocenters. The molecule has 0 amide bonds. The predicted octanol–water partition coefficient (Wildman–Crippen LogP) is 1.51. The molecule has 1 heterocycles. The van der Waals surface area contributed by atoms with Gasteiger partial charge in [-0.1, -0.05) is 6.07 Å². The summed E-state index contributed by atoms with van der Waals surface area (Å²) in [6, 6.07) is 5.54. The number of rotatable bonds is 1. The zero-order chi connectivity index (χ0) is 9.97. The maximum Gasteiger partial charge on any atom is 0.308 e. The molecule has 0 spiro atoms. The number of hydrogen-bond donors (Lipinski definition) is 1. The molecule has 1 aliphatic heterocycles. The number of esters is 1. The molecule has 0 bridgehead atoms. The monoisotopic (exact) mass is 193 g/mol. The van der Waals surface area contributed by atoms with Crippen molar-refractivity contribution in [3.63, 3.8) is 0 Å². The summed E-state index contributed by atoms with van der Waals surface area (Å²) in [6.45, 7) is 2.36. The average molecular weight is 193 g/mol. The Morgan fingerprint density at radius 3 is 3.21 bits per heavy atom. The van der Waals surface area contributed by atoms with Crippen molar-refractivity contribution in [2.75, 3.05) is 12.0 Å². The van der Waals surface area contributed by atoms with Gasteiger partial charge in [-0.05, 0) is 12.1 Å². The van der Waals surface area contributed by atoms with Gasteiger partial charge in [0.05, 0.1) is 6.61 Å². The molecule has 2 rings (SSSR count). The van der Waals surface area contributed by atoms with Crippen molar-refractivity contribution in [2.45, 2.75) is 13.5 Å². The molecule has 1 aliphatic rings. The lowest BCUT2D eigenvalue weighted by Crippen LogP contribution is -2.16. The van der Waals surface area contributed by atoms with Crippen molar-refractivity contribution in [3.8, 4) is 5.75 Å². The molecule has 0 saturated heterocycles. The molecule has 0 aromatic heterocycles. The second-order valence-corrected chi connectivity index (χ2v) is 3.05. The molecular weight excluding hydrogens is 182 g/mol. The smallest absolute Gasteiger partial charge is 0.308 e. The van der Waals surface area contributed by atoms with Gasteiger partial charge in [0.1, 0.15) is 12.5 Å². The highest BCUT2D eigenvalue weighted by molar-refractivity contribution is 5.71. The van der Waals surface area contributed by atoms with E-state index in [1.807, 2.05) is 12.1 Å². The van der Waals surface area contributed by atoms with Gasteiger partial charge in [-0.2, -0.15) is 0 Å². The first-order valence-electron chi connectivity index (χ1n) is 4.39. The standard InChI is InChI=1S/C10H11NO3/c1-7(12)14-10-4-2-3-9-8(10)5-13-6-11-9/h2-4,11H,5-6H2,1H3. The maximum absolute atomic E-state index is 10.8. The van der Waals surface area contributed by atoms with E-state index in [1.54, 1.807) is 6.07 Å². The molecule has 0 radical (unpaired) electrons. The van der Waals surface area contributed by atoms with E-state index < -0.39 is 0 Å². The molecule has 0 fully saturated rings. The summed E-state index contributed by atoms with van der Waals surface area (Å²) < 4.78 is 10.3.